The Labute approximate surface area is 191 Å². The molecule has 0 aliphatic carbocycles. The fourth-order valence-corrected chi connectivity index (χ4v) is 4.13. The van der Waals surface area contributed by atoms with E-state index >= 15 is 0 Å². The summed E-state index contributed by atoms with van der Waals surface area (Å²) in [6.07, 6.45) is 3.12. The Kier molecular flexibility index (Phi) is 9.42. The van der Waals surface area contributed by atoms with Gasteiger partial charge < -0.3 is 20.7 Å². The third kappa shape index (κ3) is 8.09. The third-order valence-electron chi connectivity index (χ3n) is 5.86. The van der Waals surface area contributed by atoms with Crippen LogP contribution in [0, 0.1) is 11.3 Å². The summed E-state index contributed by atoms with van der Waals surface area (Å²) in [6.45, 7) is 8.62. The van der Waals surface area contributed by atoms with Crippen molar-refractivity contribution in [2.45, 2.75) is 77.8 Å². The van der Waals surface area contributed by atoms with Crippen LogP contribution in [0.5, 0.6) is 0 Å². The fraction of sp³-hybridized carbons (Fsp3) is 0.600. The number of amides is 3. The molecule has 1 aliphatic rings. The first-order chi connectivity index (χ1) is 15.1. The maximum absolute atomic E-state index is 13.0. The summed E-state index contributed by atoms with van der Waals surface area (Å²) in [7, 11) is 0. The van der Waals surface area contributed by atoms with Crippen LogP contribution in [0.25, 0.3) is 0 Å². The Morgan fingerprint density at radius 1 is 1.19 bits per heavy atom. The minimum Gasteiger partial charge on any atom is -0.356 e. The summed E-state index contributed by atoms with van der Waals surface area (Å²) in [5.41, 5.74) is 0.888. The molecule has 0 saturated carbocycles. The van der Waals surface area contributed by atoms with Gasteiger partial charge in [0, 0.05) is 18.9 Å². The van der Waals surface area contributed by atoms with E-state index in [0.29, 0.717) is 25.7 Å². The Hall–Kier alpha value is -2.70. The molecule has 1 aliphatic heterocycles. The van der Waals surface area contributed by atoms with Gasteiger partial charge in [0.05, 0.1) is 6.04 Å². The van der Waals surface area contributed by atoms with E-state index in [1.807, 2.05) is 58.0 Å². The van der Waals surface area contributed by atoms with Gasteiger partial charge in [-0.15, -0.1) is 0 Å². The second kappa shape index (κ2) is 11.8. The molecule has 1 aromatic carbocycles. The van der Waals surface area contributed by atoms with Gasteiger partial charge in [-0.3, -0.25) is 14.4 Å². The van der Waals surface area contributed by atoms with E-state index in [0.717, 1.165) is 12.0 Å². The molecular weight excluding hydrogens is 406 g/mol. The topological polar surface area (TPSA) is 104 Å². The van der Waals surface area contributed by atoms with E-state index in [1.165, 1.54) is 0 Å². The first kappa shape index (κ1) is 25.6. The van der Waals surface area contributed by atoms with E-state index in [1.54, 1.807) is 0 Å². The summed E-state index contributed by atoms with van der Waals surface area (Å²) in [5.74, 6) is -0.882. The van der Waals surface area contributed by atoms with Crippen LogP contribution in [0.3, 0.4) is 0 Å². The Bertz CT molecular complexity index is 788. The van der Waals surface area contributed by atoms with Crippen molar-refractivity contribution in [1.29, 1.82) is 0 Å². The molecule has 0 bridgehead atoms. The monoisotopic (exact) mass is 443 g/mol. The van der Waals surface area contributed by atoms with Crippen LogP contribution in [0.2, 0.25) is 0 Å². The number of benzene rings is 1. The molecule has 2 unspecified atom stereocenters. The lowest BCUT2D eigenvalue weighted by atomic mass is 9.87. The highest BCUT2D eigenvalue weighted by atomic mass is 16.2. The number of aldehydes is 1. The highest BCUT2D eigenvalue weighted by Crippen LogP contribution is 2.25. The highest BCUT2D eigenvalue weighted by molar-refractivity contribution is 5.89. The number of carbonyl (C=O) groups excluding carboxylic acids is 4. The first-order valence-electron chi connectivity index (χ1n) is 11.5. The first-order valence-corrected chi connectivity index (χ1v) is 11.5. The lowest BCUT2D eigenvalue weighted by molar-refractivity contribution is -0.131. The van der Waals surface area contributed by atoms with Crippen molar-refractivity contribution in [1.82, 2.24) is 16.0 Å². The molecule has 3 N–H and O–H groups in total. The van der Waals surface area contributed by atoms with Crippen molar-refractivity contribution in [2.75, 3.05) is 6.54 Å². The zero-order valence-corrected chi connectivity index (χ0v) is 19.6. The van der Waals surface area contributed by atoms with Crippen molar-refractivity contribution in [3.8, 4) is 0 Å². The lowest BCUT2D eigenvalue weighted by Gasteiger charge is -2.28. The molecule has 2 rings (SSSR count). The number of hydrogen-bond donors (Lipinski definition) is 3. The van der Waals surface area contributed by atoms with Gasteiger partial charge in [-0.2, -0.15) is 0 Å². The number of rotatable bonds is 11. The SMILES string of the molecule is CCC(CC(=O)N[C@@H](CC(C)(C)C)C(=O)NC(C=O)C[C@@H]1CCNC1=O)c1ccccc1. The molecule has 0 aromatic heterocycles. The number of nitrogens with one attached hydrogen (secondary N) is 3. The van der Waals surface area contributed by atoms with Gasteiger partial charge in [0.1, 0.15) is 12.3 Å². The standard InChI is InChI=1S/C25H37N3O4/c1-5-17(18-9-7-6-8-10-18)14-22(30)28-21(15-25(2,3)4)24(32)27-20(16-29)13-19-11-12-26-23(19)31/h6-10,16-17,19-21H,5,11-15H2,1-4H3,(H,26,31)(H,27,32)(H,28,30)/t17?,19-,20?,21-/m0/s1. The molecule has 1 saturated heterocycles. The van der Waals surface area contributed by atoms with E-state index in [9.17, 15) is 19.2 Å². The molecule has 176 valence electrons. The third-order valence-corrected chi connectivity index (χ3v) is 5.86. The van der Waals surface area contributed by atoms with Gasteiger partial charge in [-0.1, -0.05) is 58.0 Å². The lowest BCUT2D eigenvalue weighted by Crippen LogP contribution is -2.52. The summed E-state index contributed by atoms with van der Waals surface area (Å²) < 4.78 is 0. The number of hydrogen-bond acceptors (Lipinski definition) is 4. The second-order valence-corrected chi connectivity index (χ2v) is 9.87. The fourth-order valence-electron chi connectivity index (χ4n) is 4.13. The Morgan fingerprint density at radius 3 is 2.41 bits per heavy atom. The predicted octanol–water partition coefficient (Wildman–Crippen LogP) is 2.70. The quantitative estimate of drug-likeness (QED) is 0.457. The maximum atomic E-state index is 13.0. The van der Waals surface area contributed by atoms with Gasteiger partial charge in [-0.25, -0.2) is 0 Å². The molecule has 7 nitrogen and oxygen atoms in total. The highest BCUT2D eigenvalue weighted by Gasteiger charge is 2.31. The summed E-state index contributed by atoms with van der Waals surface area (Å²) in [5, 5.41) is 8.38. The largest absolute Gasteiger partial charge is 0.356 e. The van der Waals surface area contributed by atoms with E-state index in [-0.39, 0.29) is 41.9 Å². The maximum Gasteiger partial charge on any atom is 0.243 e. The van der Waals surface area contributed by atoms with Crippen molar-refractivity contribution >= 4 is 24.0 Å². The molecule has 1 aromatic rings. The van der Waals surface area contributed by atoms with Crippen LogP contribution in [0.15, 0.2) is 30.3 Å². The zero-order chi connectivity index (χ0) is 23.7. The van der Waals surface area contributed by atoms with Crippen molar-refractivity contribution in [2.24, 2.45) is 11.3 Å². The zero-order valence-electron chi connectivity index (χ0n) is 19.6. The van der Waals surface area contributed by atoms with Gasteiger partial charge in [0.25, 0.3) is 0 Å². The summed E-state index contributed by atoms with van der Waals surface area (Å²) >= 11 is 0. The van der Waals surface area contributed by atoms with E-state index in [2.05, 4.69) is 16.0 Å². The second-order valence-electron chi connectivity index (χ2n) is 9.87. The minimum atomic E-state index is -0.761. The van der Waals surface area contributed by atoms with Crippen LogP contribution >= 0.6 is 0 Å². The average molecular weight is 444 g/mol. The molecule has 1 heterocycles. The van der Waals surface area contributed by atoms with Crippen LogP contribution in [0.1, 0.15) is 71.3 Å². The molecule has 0 spiro atoms. The summed E-state index contributed by atoms with van der Waals surface area (Å²) in [4.78, 5) is 49.3. The molecule has 7 heteroatoms. The van der Waals surface area contributed by atoms with Crippen LogP contribution in [-0.2, 0) is 19.2 Å². The predicted molar refractivity (Wildman–Crippen MR) is 124 cm³/mol. The van der Waals surface area contributed by atoms with Gasteiger partial charge >= 0.3 is 0 Å². The minimum absolute atomic E-state index is 0.0677. The number of carbonyl (C=O) groups is 4. The van der Waals surface area contributed by atoms with Gasteiger partial charge in [-0.05, 0) is 42.6 Å². The molecule has 4 atom stereocenters. The normalized spacial score (nSPS) is 18.9. The van der Waals surface area contributed by atoms with E-state index in [4.69, 9.17) is 0 Å². The van der Waals surface area contributed by atoms with Crippen molar-refractivity contribution in [3.63, 3.8) is 0 Å². The van der Waals surface area contributed by atoms with Gasteiger partial charge in [0.2, 0.25) is 17.7 Å². The van der Waals surface area contributed by atoms with E-state index < -0.39 is 18.0 Å². The van der Waals surface area contributed by atoms with Crippen molar-refractivity contribution < 1.29 is 19.2 Å². The van der Waals surface area contributed by atoms with Crippen LogP contribution in [0.4, 0.5) is 0 Å². The summed E-state index contributed by atoms with van der Waals surface area (Å²) in [6, 6.07) is 8.35. The van der Waals surface area contributed by atoms with Crippen LogP contribution < -0.4 is 16.0 Å². The smallest absolute Gasteiger partial charge is 0.243 e. The molecule has 3 amide bonds. The molecular formula is C25H37N3O4. The molecule has 0 radical (unpaired) electrons. The van der Waals surface area contributed by atoms with Crippen molar-refractivity contribution in [3.05, 3.63) is 35.9 Å². The molecule has 32 heavy (non-hydrogen) atoms. The molecule has 1 fully saturated rings. The van der Waals surface area contributed by atoms with Gasteiger partial charge in [0.15, 0.2) is 0 Å². The average Bonchev–Trinajstić information content (AvgIpc) is 3.14. The van der Waals surface area contributed by atoms with Crippen LogP contribution in [-0.4, -0.2) is 42.6 Å². The Balaban J connectivity index is 2.03. The Morgan fingerprint density at radius 2 is 1.88 bits per heavy atom.